The van der Waals surface area contributed by atoms with Crippen molar-refractivity contribution in [3.63, 3.8) is 0 Å². The molecule has 0 aromatic heterocycles. The Morgan fingerprint density at radius 3 is 2.89 bits per heavy atom. The normalized spacial score (nSPS) is 16.1. The third kappa shape index (κ3) is 4.21. The molecule has 1 unspecified atom stereocenters. The zero-order valence-corrected chi connectivity index (χ0v) is 10.9. The van der Waals surface area contributed by atoms with Gasteiger partial charge in [-0.2, -0.15) is 0 Å². The topological polar surface area (TPSA) is 58.6 Å². The summed E-state index contributed by atoms with van der Waals surface area (Å²) in [5.41, 5.74) is 0.710. The van der Waals surface area contributed by atoms with Gasteiger partial charge in [0.25, 0.3) is 0 Å². The maximum absolute atomic E-state index is 12.9. The number of benzene rings is 1. The van der Waals surface area contributed by atoms with Gasteiger partial charge in [0.1, 0.15) is 17.6 Å². The fourth-order valence-electron chi connectivity index (χ4n) is 1.87. The maximum Gasteiger partial charge on any atom is 0.320 e. The van der Waals surface area contributed by atoms with Gasteiger partial charge in [0.15, 0.2) is 0 Å². The molecule has 0 amide bonds. The molecule has 1 saturated carbocycles. The second-order valence-corrected chi connectivity index (χ2v) is 4.88. The van der Waals surface area contributed by atoms with Gasteiger partial charge < -0.3 is 15.2 Å². The molecule has 1 aromatic rings. The second-order valence-electron chi connectivity index (χ2n) is 4.88. The van der Waals surface area contributed by atoms with Crippen LogP contribution >= 0.6 is 0 Å². The molecule has 104 valence electrons. The predicted molar refractivity (Wildman–Crippen MR) is 68.8 cm³/mol. The van der Waals surface area contributed by atoms with E-state index >= 15 is 0 Å². The van der Waals surface area contributed by atoms with E-state index in [9.17, 15) is 9.18 Å². The van der Waals surface area contributed by atoms with Crippen LogP contribution in [0.15, 0.2) is 18.2 Å². The van der Waals surface area contributed by atoms with Crippen molar-refractivity contribution in [3.05, 3.63) is 29.6 Å². The smallest absolute Gasteiger partial charge is 0.320 e. The fraction of sp³-hybridized carbons (Fsp3) is 0.500. The van der Waals surface area contributed by atoms with E-state index in [0.29, 0.717) is 30.4 Å². The molecule has 1 fully saturated rings. The Hall–Kier alpha value is -1.62. The Balaban J connectivity index is 1.82. The van der Waals surface area contributed by atoms with Crippen LogP contribution in [0.4, 0.5) is 4.39 Å². The Labute approximate surface area is 111 Å². The van der Waals surface area contributed by atoms with Crippen LogP contribution in [0.25, 0.3) is 0 Å². The molecule has 0 bridgehead atoms. The van der Waals surface area contributed by atoms with Gasteiger partial charge in [0.05, 0.1) is 6.61 Å². The molecule has 1 aromatic carbocycles. The first-order valence-corrected chi connectivity index (χ1v) is 6.44. The third-order valence-corrected chi connectivity index (χ3v) is 3.11. The molecule has 0 heterocycles. The summed E-state index contributed by atoms with van der Waals surface area (Å²) in [5, 5.41) is 12.1. The highest BCUT2D eigenvalue weighted by Crippen LogP contribution is 2.21. The van der Waals surface area contributed by atoms with Crippen molar-refractivity contribution in [1.29, 1.82) is 0 Å². The van der Waals surface area contributed by atoms with Crippen LogP contribution in [-0.4, -0.2) is 29.8 Å². The van der Waals surface area contributed by atoms with Crippen LogP contribution in [-0.2, 0) is 4.79 Å². The Bertz CT molecular complexity index is 460. The largest absolute Gasteiger partial charge is 0.493 e. The summed E-state index contributed by atoms with van der Waals surface area (Å²) in [6, 6.07) is 4.06. The highest BCUT2D eigenvalue weighted by atomic mass is 19.1. The van der Waals surface area contributed by atoms with E-state index in [1.54, 1.807) is 13.0 Å². The molecule has 1 atom stereocenters. The summed E-state index contributed by atoms with van der Waals surface area (Å²) in [5.74, 6) is -0.563. The van der Waals surface area contributed by atoms with E-state index in [2.05, 4.69) is 5.32 Å². The number of carbonyl (C=O) groups is 1. The molecular formula is C14H18FNO3. The van der Waals surface area contributed by atoms with Crippen molar-refractivity contribution in [1.82, 2.24) is 5.32 Å². The summed E-state index contributed by atoms with van der Waals surface area (Å²) in [6.45, 7) is 2.05. The summed E-state index contributed by atoms with van der Waals surface area (Å²) in [6.07, 6.45) is 2.48. The summed E-state index contributed by atoms with van der Waals surface area (Å²) in [4.78, 5) is 11.0. The third-order valence-electron chi connectivity index (χ3n) is 3.11. The van der Waals surface area contributed by atoms with Gasteiger partial charge in [-0.3, -0.25) is 4.79 Å². The summed E-state index contributed by atoms with van der Waals surface area (Å²) in [7, 11) is 0. The maximum atomic E-state index is 12.9. The number of nitrogens with one attached hydrogen (secondary N) is 1. The standard InChI is InChI=1S/C14H18FNO3/c1-9-8-10(15)2-5-13(9)19-7-6-12(14(17)18)16-11-3-4-11/h2,5,8,11-12,16H,3-4,6-7H2,1H3,(H,17,18). The quantitative estimate of drug-likeness (QED) is 0.794. The van der Waals surface area contributed by atoms with Crippen LogP contribution in [0.5, 0.6) is 5.75 Å². The first-order valence-electron chi connectivity index (χ1n) is 6.44. The number of hydrogen-bond acceptors (Lipinski definition) is 3. The van der Waals surface area contributed by atoms with Crippen LogP contribution in [0, 0.1) is 12.7 Å². The second kappa shape index (κ2) is 6.02. The molecule has 0 spiro atoms. The van der Waals surface area contributed by atoms with E-state index in [1.807, 2.05) is 0 Å². The van der Waals surface area contributed by atoms with Crippen LogP contribution in [0.1, 0.15) is 24.8 Å². The van der Waals surface area contributed by atoms with Crippen molar-refractivity contribution < 1.29 is 19.0 Å². The first kappa shape index (κ1) is 13.8. The highest BCUT2D eigenvalue weighted by Gasteiger charge is 2.28. The number of carboxylic acids is 1. The fourth-order valence-corrected chi connectivity index (χ4v) is 1.87. The van der Waals surface area contributed by atoms with Gasteiger partial charge in [-0.25, -0.2) is 4.39 Å². The molecule has 0 saturated heterocycles. The van der Waals surface area contributed by atoms with Gasteiger partial charge >= 0.3 is 5.97 Å². The lowest BCUT2D eigenvalue weighted by atomic mass is 10.2. The zero-order chi connectivity index (χ0) is 13.8. The lowest BCUT2D eigenvalue weighted by Crippen LogP contribution is -2.39. The van der Waals surface area contributed by atoms with Crippen LogP contribution in [0.3, 0.4) is 0 Å². The highest BCUT2D eigenvalue weighted by molar-refractivity contribution is 5.73. The molecule has 19 heavy (non-hydrogen) atoms. The van der Waals surface area contributed by atoms with E-state index < -0.39 is 12.0 Å². The minimum Gasteiger partial charge on any atom is -0.493 e. The average molecular weight is 267 g/mol. The van der Waals surface area contributed by atoms with Crippen molar-refractivity contribution >= 4 is 5.97 Å². The van der Waals surface area contributed by atoms with E-state index in [1.165, 1.54) is 12.1 Å². The van der Waals surface area contributed by atoms with E-state index in [0.717, 1.165) is 12.8 Å². The molecule has 2 rings (SSSR count). The Morgan fingerprint density at radius 2 is 2.32 bits per heavy atom. The Morgan fingerprint density at radius 1 is 1.58 bits per heavy atom. The van der Waals surface area contributed by atoms with E-state index in [-0.39, 0.29) is 5.82 Å². The molecule has 2 N–H and O–H groups in total. The summed E-state index contributed by atoms with van der Waals surface area (Å²) >= 11 is 0. The first-order chi connectivity index (χ1) is 9.06. The molecular weight excluding hydrogens is 249 g/mol. The monoisotopic (exact) mass is 267 g/mol. The number of aliphatic carboxylic acids is 1. The van der Waals surface area contributed by atoms with Crippen LogP contribution in [0.2, 0.25) is 0 Å². The zero-order valence-electron chi connectivity index (χ0n) is 10.9. The van der Waals surface area contributed by atoms with Gasteiger partial charge in [-0.1, -0.05) is 0 Å². The van der Waals surface area contributed by atoms with Crippen molar-refractivity contribution in [2.75, 3.05) is 6.61 Å². The van der Waals surface area contributed by atoms with Gasteiger partial charge in [0.2, 0.25) is 0 Å². The minimum atomic E-state index is -0.855. The number of hydrogen-bond donors (Lipinski definition) is 2. The molecule has 0 aliphatic heterocycles. The van der Waals surface area contributed by atoms with Gasteiger partial charge in [-0.05, 0) is 43.5 Å². The number of carboxylic acid groups (broad SMARTS) is 1. The SMILES string of the molecule is Cc1cc(F)ccc1OCCC(NC1CC1)C(=O)O. The van der Waals surface area contributed by atoms with Crippen LogP contribution < -0.4 is 10.1 Å². The molecule has 0 radical (unpaired) electrons. The number of halogens is 1. The minimum absolute atomic E-state index is 0.295. The summed E-state index contributed by atoms with van der Waals surface area (Å²) < 4.78 is 18.4. The Kier molecular flexibility index (Phi) is 4.37. The average Bonchev–Trinajstić information content (AvgIpc) is 3.14. The molecule has 1 aliphatic rings. The molecule has 1 aliphatic carbocycles. The van der Waals surface area contributed by atoms with Crippen molar-refractivity contribution in [2.24, 2.45) is 0 Å². The van der Waals surface area contributed by atoms with Gasteiger partial charge in [0, 0.05) is 12.5 Å². The van der Waals surface area contributed by atoms with Crippen molar-refractivity contribution in [2.45, 2.75) is 38.3 Å². The lowest BCUT2D eigenvalue weighted by Gasteiger charge is -2.15. The van der Waals surface area contributed by atoms with Gasteiger partial charge in [-0.15, -0.1) is 0 Å². The molecule has 5 heteroatoms. The molecule has 4 nitrogen and oxygen atoms in total. The number of rotatable bonds is 7. The van der Waals surface area contributed by atoms with E-state index in [4.69, 9.17) is 9.84 Å². The predicted octanol–water partition coefficient (Wildman–Crippen LogP) is 2.11. The number of aryl methyl sites for hydroxylation is 1. The van der Waals surface area contributed by atoms with Crippen molar-refractivity contribution in [3.8, 4) is 5.75 Å². The number of ether oxygens (including phenoxy) is 1. The lowest BCUT2D eigenvalue weighted by molar-refractivity contribution is -0.139.